The third kappa shape index (κ3) is 4.69. The highest BCUT2D eigenvalue weighted by atomic mass is 16.2. The molecule has 2 aliphatic rings. The molecule has 8 nitrogen and oxygen atoms in total. The van der Waals surface area contributed by atoms with E-state index in [-0.39, 0.29) is 11.8 Å². The maximum atomic E-state index is 12.8. The van der Waals surface area contributed by atoms with Gasteiger partial charge in [0.25, 0.3) is 0 Å². The Hall–Kier alpha value is -3.00. The summed E-state index contributed by atoms with van der Waals surface area (Å²) in [6.45, 7) is 3.97. The van der Waals surface area contributed by atoms with Crippen LogP contribution in [-0.2, 0) is 4.79 Å². The Balaban J connectivity index is 1.58. The largest absolute Gasteiger partial charge is 0.366 e. The molecule has 0 radical (unpaired) electrons. The van der Waals surface area contributed by atoms with Crippen molar-refractivity contribution in [3.63, 3.8) is 0 Å². The molecule has 2 aromatic rings. The van der Waals surface area contributed by atoms with Gasteiger partial charge in [0.2, 0.25) is 17.8 Å². The van der Waals surface area contributed by atoms with E-state index in [2.05, 4.69) is 9.88 Å². The van der Waals surface area contributed by atoms with Gasteiger partial charge in [-0.15, -0.1) is 0 Å². The fourth-order valence-electron chi connectivity index (χ4n) is 4.39. The highest BCUT2D eigenvalue weighted by Crippen LogP contribution is 2.34. The molecular formula is C23H30N6O2. The van der Waals surface area contributed by atoms with Crippen LogP contribution in [0.1, 0.15) is 41.2 Å². The van der Waals surface area contributed by atoms with Crippen molar-refractivity contribution in [1.82, 2.24) is 19.8 Å². The van der Waals surface area contributed by atoms with Gasteiger partial charge in [-0.2, -0.15) is 0 Å². The van der Waals surface area contributed by atoms with Crippen LogP contribution in [0.15, 0.2) is 30.5 Å². The number of likely N-dealkylation sites (tertiary alicyclic amines) is 2. The van der Waals surface area contributed by atoms with Gasteiger partial charge in [-0.3, -0.25) is 14.5 Å². The zero-order valence-corrected chi connectivity index (χ0v) is 18.3. The van der Waals surface area contributed by atoms with Crippen molar-refractivity contribution >= 4 is 17.8 Å². The van der Waals surface area contributed by atoms with Crippen molar-refractivity contribution in [3.8, 4) is 11.1 Å². The summed E-state index contributed by atoms with van der Waals surface area (Å²) >= 11 is 0. The van der Waals surface area contributed by atoms with Crippen LogP contribution >= 0.6 is 0 Å². The molecule has 1 aromatic heterocycles. The Labute approximate surface area is 183 Å². The topological polar surface area (TPSA) is 95.7 Å². The summed E-state index contributed by atoms with van der Waals surface area (Å²) in [5, 5.41) is 0. The summed E-state index contributed by atoms with van der Waals surface area (Å²) in [7, 11) is 3.84. The first kappa shape index (κ1) is 21.2. The Morgan fingerprint density at radius 2 is 1.84 bits per heavy atom. The molecule has 0 saturated carbocycles. The van der Waals surface area contributed by atoms with Crippen LogP contribution in [0.25, 0.3) is 11.1 Å². The first-order valence-corrected chi connectivity index (χ1v) is 10.9. The monoisotopic (exact) mass is 422 g/mol. The number of carbonyl (C=O) groups is 2. The predicted octanol–water partition coefficient (Wildman–Crippen LogP) is 1.72. The molecule has 2 N–H and O–H groups in total. The Kier molecular flexibility index (Phi) is 6.18. The minimum atomic E-state index is -0.450. The summed E-state index contributed by atoms with van der Waals surface area (Å²) in [5.74, 6) is 0.553. The normalized spacial score (nSPS) is 19.0. The number of nitrogens with two attached hydrogens (primary N) is 1. The lowest BCUT2D eigenvalue weighted by atomic mass is 9.95. The van der Waals surface area contributed by atoms with Crippen LogP contribution in [0.4, 0.5) is 5.95 Å². The van der Waals surface area contributed by atoms with Gasteiger partial charge >= 0.3 is 0 Å². The molecule has 0 aliphatic carbocycles. The lowest BCUT2D eigenvalue weighted by Crippen LogP contribution is -2.38. The van der Waals surface area contributed by atoms with Gasteiger partial charge in [-0.05, 0) is 50.0 Å². The van der Waals surface area contributed by atoms with Crippen LogP contribution < -0.4 is 10.6 Å². The van der Waals surface area contributed by atoms with Gasteiger partial charge in [-0.25, -0.2) is 9.97 Å². The predicted molar refractivity (Wildman–Crippen MR) is 120 cm³/mol. The van der Waals surface area contributed by atoms with Gasteiger partial charge in [0.1, 0.15) is 0 Å². The minimum Gasteiger partial charge on any atom is -0.366 e. The molecule has 164 valence electrons. The molecule has 1 aromatic carbocycles. The summed E-state index contributed by atoms with van der Waals surface area (Å²) in [5.41, 5.74) is 8.66. The smallest absolute Gasteiger partial charge is 0.248 e. The van der Waals surface area contributed by atoms with Crippen LogP contribution in [0.3, 0.4) is 0 Å². The third-order valence-corrected chi connectivity index (χ3v) is 6.17. The maximum Gasteiger partial charge on any atom is 0.248 e. The van der Waals surface area contributed by atoms with Crippen molar-refractivity contribution < 1.29 is 9.59 Å². The molecule has 31 heavy (non-hydrogen) atoms. The van der Waals surface area contributed by atoms with Crippen LogP contribution in [0.2, 0.25) is 0 Å². The SMILES string of the molecule is CN(C)c1ncc(-c2ccc(C(N)=O)cc2)c(C2CCN(C(=O)CN3CCCC3)C2)n1. The van der Waals surface area contributed by atoms with Crippen LogP contribution in [-0.4, -0.2) is 78.4 Å². The quantitative estimate of drug-likeness (QED) is 0.762. The van der Waals surface area contributed by atoms with E-state index >= 15 is 0 Å². The number of hydrogen-bond acceptors (Lipinski definition) is 6. The lowest BCUT2D eigenvalue weighted by Gasteiger charge is -2.22. The number of primary amides is 1. The van der Waals surface area contributed by atoms with Crippen molar-refractivity contribution in [2.75, 3.05) is 51.7 Å². The standard InChI is InChI=1S/C23H30N6O2/c1-27(2)23-25-13-19(16-5-7-17(8-6-16)22(24)31)21(26-23)18-9-12-29(14-18)20(30)15-28-10-3-4-11-28/h5-8,13,18H,3-4,9-12,14-15H2,1-2H3,(H2,24,31). The van der Waals surface area contributed by atoms with Gasteiger partial charge in [0.05, 0.1) is 12.2 Å². The fourth-order valence-corrected chi connectivity index (χ4v) is 4.39. The first-order chi connectivity index (χ1) is 14.9. The fraction of sp³-hybridized carbons (Fsp3) is 0.478. The lowest BCUT2D eigenvalue weighted by molar-refractivity contribution is -0.131. The van der Waals surface area contributed by atoms with E-state index in [4.69, 9.17) is 10.7 Å². The Morgan fingerprint density at radius 1 is 1.13 bits per heavy atom. The van der Waals surface area contributed by atoms with E-state index in [1.54, 1.807) is 12.1 Å². The molecule has 1 atom stereocenters. The summed E-state index contributed by atoms with van der Waals surface area (Å²) < 4.78 is 0. The van der Waals surface area contributed by atoms with E-state index in [1.165, 1.54) is 12.8 Å². The second-order valence-corrected chi connectivity index (χ2v) is 8.61. The molecule has 0 spiro atoms. The number of amides is 2. The molecule has 2 amide bonds. The molecule has 3 heterocycles. The van der Waals surface area contributed by atoms with E-state index in [0.29, 0.717) is 24.6 Å². The van der Waals surface area contributed by atoms with Crippen LogP contribution in [0.5, 0.6) is 0 Å². The second kappa shape index (κ2) is 9.01. The summed E-state index contributed by atoms with van der Waals surface area (Å²) in [6, 6.07) is 7.20. The average molecular weight is 423 g/mol. The number of anilines is 1. The molecule has 2 aliphatic heterocycles. The highest BCUT2D eigenvalue weighted by Gasteiger charge is 2.31. The van der Waals surface area contributed by atoms with E-state index < -0.39 is 5.91 Å². The van der Waals surface area contributed by atoms with E-state index in [9.17, 15) is 9.59 Å². The zero-order valence-electron chi connectivity index (χ0n) is 18.3. The minimum absolute atomic E-state index is 0.148. The third-order valence-electron chi connectivity index (χ3n) is 6.17. The number of carbonyl (C=O) groups excluding carboxylic acids is 2. The molecular weight excluding hydrogens is 392 g/mol. The molecule has 0 bridgehead atoms. The van der Waals surface area contributed by atoms with Crippen LogP contribution in [0, 0.1) is 0 Å². The number of aromatic nitrogens is 2. The molecule has 2 fully saturated rings. The average Bonchev–Trinajstić information content (AvgIpc) is 3.45. The van der Waals surface area contributed by atoms with Crippen molar-refractivity contribution in [2.24, 2.45) is 5.73 Å². The summed E-state index contributed by atoms with van der Waals surface area (Å²) in [4.78, 5) is 39.7. The Morgan fingerprint density at radius 3 is 2.48 bits per heavy atom. The van der Waals surface area contributed by atoms with Crippen molar-refractivity contribution in [1.29, 1.82) is 0 Å². The highest BCUT2D eigenvalue weighted by molar-refractivity contribution is 5.93. The first-order valence-electron chi connectivity index (χ1n) is 10.9. The number of hydrogen-bond donors (Lipinski definition) is 1. The Bertz CT molecular complexity index is 953. The van der Waals surface area contributed by atoms with Gasteiger partial charge in [0, 0.05) is 50.4 Å². The van der Waals surface area contributed by atoms with Gasteiger partial charge in [-0.1, -0.05) is 12.1 Å². The maximum absolute atomic E-state index is 12.8. The van der Waals surface area contributed by atoms with E-state index in [1.807, 2.05) is 42.2 Å². The number of nitrogens with zero attached hydrogens (tertiary/aromatic N) is 5. The van der Waals surface area contributed by atoms with Crippen molar-refractivity contribution in [2.45, 2.75) is 25.2 Å². The number of benzene rings is 1. The van der Waals surface area contributed by atoms with Gasteiger partial charge < -0.3 is 15.5 Å². The molecule has 2 saturated heterocycles. The summed E-state index contributed by atoms with van der Waals surface area (Å²) in [6.07, 6.45) is 5.08. The molecule has 1 unspecified atom stereocenters. The van der Waals surface area contributed by atoms with E-state index in [0.717, 1.165) is 42.9 Å². The zero-order chi connectivity index (χ0) is 22.0. The molecule has 8 heteroatoms. The number of rotatable bonds is 6. The second-order valence-electron chi connectivity index (χ2n) is 8.61. The molecule has 4 rings (SSSR count). The van der Waals surface area contributed by atoms with Crippen molar-refractivity contribution in [3.05, 3.63) is 41.7 Å². The van der Waals surface area contributed by atoms with Gasteiger partial charge in [0.15, 0.2) is 0 Å².